The third kappa shape index (κ3) is 4.30. The van der Waals surface area contributed by atoms with E-state index >= 15 is 0 Å². The van der Waals surface area contributed by atoms with Crippen molar-refractivity contribution < 1.29 is 29.0 Å². The lowest BCUT2D eigenvalue weighted by molar-refractivity contribution is -0.164. The molecule has 0 aromatic rings. The summed E-state index contributed by atoms with van der Waals surface area (Å²) in [6.07, 6.45) is 6.55. The van der Waals surface area contributed by atoms with Crippen LogP contribution in [-0.2, 0) is 23.9 Å². The Labute approximate surface area is 215 Å². The summed E-state index contributed by atoms with van der Waals surface area (Å²) in [5, 5.41) is 10.2. The fourth-order valence-corrected chi connectivity index (χ4v) is 6.81. The normalized spacial score (nSPS) is 34.3. The lowest BCUT2D eigenvalue weighted by Crippen LogP contribution is -2.60. The summed E-state index contributed by atoms with van der Waals surface area (Å²) in [6.45, 7) is 17.6. The number of carbonyl (C=O) groups excluding carboxylic acids is 3. The van der Waals surface area contributed by atoms with E-state index in [9.17, 15) is 19.5 Å². The number of rotatable bonds is 13. The van der Waals surface area contributed by atoms with Crippen molar-refractivity contribution in [3.8, 4) is 0 Å². The number of carbonyl (C=O) groups is 3. The molecule has 8 nitrogen and oxygen atoms in total. The molecule has 3 aliphatic heterocycles. The van der Waals surface area contributed by atoms with E-state index in [2.05, 4.69) is 20.1 Å². The molecule has 1 N–H and O–H groups in total. The molecule has 0 saturated carbocycles. The number of fused-ring (bicyclic) bond motifs is 1. The first-order valence-electron chi connectivity index (χ1n) is 13.4. The van der Waals surface area contributed by atoms with Crippen LogP contribution in [0.25, 0.3) is 0 Å². The van der Waals surface area contributed by atoms with Gasteiger partial charge >= 0.3 is 5.97 Å². The van der Waals surface area contributed by atoms with Gasteiger partial charge in [0.2, 0.25) is 11.8 Å². The first-order valence-corrected chi connectivity index (χ1v) is 13.4. The standard InChI is InChI=1S/C28H44N2O6/c1-8-12-15-35-26(34)22-21-24(32)30(20(11-4)17-31)23(28(21)16-18(5)27(22,7)36-28)25(33)29(14-10-3)19(6)13-9-2/h8,10,18-23,31H,1,3,9,11-17H2,2,4-7H3/t18?,19?,20-,21-,22+,23?,27-,28?/m0/s1. The number of aliphatic hydroxyl groups excluding tert-OH is 1. The van der Waals surface area contributed by atoms with Crippen LogP contribution in [0.15, 0.2) is 25.3 Å². The van der Waals surface area contributed by atoms with Crippen LogP contribution in [-0.4, -0.2) is 81.8 Å². The van der Waals surface area contributed by atoms with Crippen LogP contribution in [0.5, 0.6) is 0 Å². The summed E-state index contributed by atoms with van der Waals surface area (Å²) in [5.74, 6) is -2.72. The number of nitrogens with zero attached hydrogens (tertiary/aromatic N) is 2. The van der Waals surface area contributed by atoms with Crippen LogP contribution in [0, 0.1) is 17.8 Å². The van der Waals surface area contributed by atoms with Gasteiger partial charge in [-0.1, -0.05) is 39.3 Å². The van der Waals surface area contributed by atoms with Crippen LogP contribution in [0.2, 0.25) is 0 Å². The molecule has 0 aromatic heterocycles. The minimum atomic E-state index is -1.15. The SMILES string of the molecule is C=CCCOC(=O)[C@H]1[C@H]2C(=O)N([C@@H](CC)CO)C(C(=O)N(CC=C)C(C)CCC)C23CC(C)[C@]1(C)O3. The Bertz CT molecular complexity index is 872. The van der Waals surface area contributed by atoms with Crippen molar-refractivity contribution in [2.45, 2.75) is 96.1 Å². The van der Waals surface area contributed by atoms with E-state index in [1.165, 1.54) is 4.90 Å². The van der Waals surface area contributed by atoms with E-state index in [1.54, 1.807) is 17.1 Å². The van der Waals surface area contributed by atoms with Crippen molar-refractivity contribution in [2.75, 3.05) is 19.8 Å². The zero-order valence-electron chi connectivity index (χ0n) is 22.6. The maximum atomic E-state index is 14.4. The molecular formula is C28H44N2O6. The molecule has 2 amide bonds. The highest BCUT2D eigenvalue weighted by Crippen LogP contribution is 2.65. The lowest BCUT2D eigenvalue weighted by atomic mass is 9.62. The molecule has 0 radical (unpaired) electrons. The molecular weight excluding hydrogens is 460 g/mol. The molecule has 3 heterocycles. The fourth-order valence-electron chi connectivity index (χ4n) is 6.81. The molecule has 0 aromatic carbocycles. The quantitative estimate of drug-likeness (QED) is 0.235. The van der Waals surface area contributed by atoms with Crippen LogP contribution >= 0.6 is 0 Å². The van der Waals surface area contributed by atoms with E-state index < -0.39 is 41.1 Å². The van der Waals surface area contributed by atoms with Crippen molar-refractivity contribution in [3.63, 3.8) is 0 Å². The number of amides is 2. The van der Waals surface area contributed by atoms with Crippen molar-refractivity contribution in [1.29, 1.82) is 0 Å². The molecule has 3 aliphatic rings. The van der Waals surface area contributed by atoms with Crippen molar-refractivity contribution in [1.82, 2.24) is 9.80 Å². The van der Waals surface area contributed by atoms with Gasteiger partial charge in [-0.15, -0.1) is 13.2 Å². The second kappa shape index (κ2) is 11.1. The highest BCUT2D eigenvalue weighted by molar-refractivity contribution is 5.99. The number of ether oxygens (including phenoxy) is 2. The number of hydrogen-bond donors (Lipinski definition) is 1. The summed E-state index contributed by atoms with van der Waals surface area (Å²) in [4.78, 5) is 45.2. The number of hydrogen-bond acceptors (Lipinski definition) is 6. The van der Waals surface area contributed by atoms with Gasteiger partial charge in [0.25, 0.3) is 0 Å². The van der Waals surface area contributed by atoms with Gasteiger partial charge in [0, 0.05) is 12.6 Å². The molecule has 3 saturated heterocycles. The molecule has 3 rings (SSSR count). The molecule has 0 aliphatic carbocycles. The van der Waals surface area contributed by atoms with Crippen LogP contribution in [0.3, 0.4) is 0 Å². The Kier molecular flexibility index (Phi) is 8.71. The molecule has 8 atom stereocenters. The Morgan fingerprint density at radius 2 is 2.03 bits per heavy atom. The predicted molar refractivity (Wildman–Crippen MR) is 137 cm³/mol. The van der Waals surface area contributed by atoms with Crippen LogP contribution in [0.4, 0.5) is 0 Å². The summed E-state index contributed by atoms with van der Waals surface area (Å²) in [7, 11) is 0. The van der Waals surface area contributed by atoms with Gasteiger partial charge in [-0.25, -0.2) is 0 Å². The van der Waals surface area contributed by atoms with Crippen molar-refractivity contribution in [3.05, 3.63) is 25.3 Å². The zero-order chi connectivity index (χ0) is 26.8. The molecule has 1 spiro atoms. The Morgan fingerprint density at radius 3 is 2.58 bits per heavy atom. The van der Waals surface area contributed by atoms with Crippen molar-refractivity contribution in [2.24, 2.45) is 17.8 Å². The minimum Gasteiger partial charge on any atom is -0.465 e. The third-order valence-electron chi connectivity index (χ3n) is 8.73. The molecule has 202 valence electrons. The maximum Gasteiger partial charge on any atom is 0.312 e. The molecule has 36 heavy (non-hydrogen) atoms. The second-order valence-corrected chi connectivity index (χ2v) is 10.9. The van der Waals surface area contributed by atoms with E-state index in [1.807, 2.05) is 27.7 Å². The molecule has 2 bridgehead atoms. The lowest BCUT2D eigenvalue weighted by Gasteiger charge is -2.41. The number of likely N-dealkylation sites (tertiary alicyclic amines) is 1. The summed E-state index contributed by atoms with van der Waals surface area (Å²) >= 11 is 0. The minimum absolute atomic E-state index is 0.0617. The summed E-state index contributed by atoms with van der Waals surface area (Å²) in [5.41, 5.74) is -2.08. The monoisotopic (exact) mass is 504 g/mol. The Balaban J connectivity index is 2.12. The second-order valence-electron chi connectivity index (χ2n) is 10.9. The van der Waals surface area contributed by atoms with Gasteiger partial charge < -0.3 is 24.4 Å². The number of aliphatic hydroxyl groups is 1. The van der Waals surface area contributed by atoms with Crippen LogP contribution < -0.4 is 0 Å². The maximum absolute atomic E-state index is 14.4. The Morgan fingerprint density at radius 1 is 1.33 bits per heavy atom. The predicted octanol–water partition coefficient (Wildman–Crippen LogP) is 3.09. The van der Waals surface area contributed by atoms with Gasteiger partial charge in [0.1, 0.15) is 17.6 Å². The van der Waals surface area contributed by atoms with Crippen LogP contribution in [0.1, 0.15) is 66.7 Å². The van der Waals surface area contributed by atoms with Gasteiger partial charge in [-0.2, -0.15) is 0 Å². The third-order valence-corrected chi connectivity index (χ3v) is 8.73. The van der Waals surface area contributed by atoms with E-state index in [0.29, 0.717) is 25.8 Å². The molecule has 3 fully saturated rings. The van der Waals surface area contributed by atoms with Crippen molar-refractivity contribution >= 4 is 17.8 Å². The van der Waals surface area contributed by atoms with Gasteiger partial charge in [-0.3, -0.25) is 14.4 Å². The van der Waals surface area contributed by atoms with E-state index in [-0.39, 0.29) is 37.0 Å². The average molecular weight is 505 g/mol. The van der Waals surface area contributed by atoms with E-state index in [0.717, 1.165) is 12.8 Å². The first kappa shape index (κ1) is 28.4. The largest absolute Gasteiger partial charge is 0.465 e. The van der Waals surface area contributed by atoms with Gasteiger partial charge in [0.15, 0.2) is 0 Å². The summed E-state index contributed by atoms with van der Waals surface area (Å²) in [6, 6.07) is -1.54. The topological polar surface area (TPSA) is 96.4 Å². The van der Waals surface area contributed by atoms with Gasteiger partial charge in [-0.05, 0) is 45.4 Å². The average Bonchev–Trinajstić information content (AvgIpc) is 3.35. The van der Waals surface area contributed by atoms with E-state index in [4.69, 9.17) is 9.47 Å². The zero-order valence-corrected chi connectivity index (χ0v) is 22.6. The summed E-state index contributed by atoms with van der Waals surface area (Å²) < 4.78 is 12.3. The fraction of sp³-hybridized carbons (Fsp3) is 0.750. The first-order chi connectivity index (χ1) is 17.1. The highest BCUT2D eigenvalue weighted by atomic mass is 16.6. The number of esters is 1. The molecule has 4 unspecified atom stereocenters. The Hall–Kier alpha value is -2.19. The smallest absolute Gasteiger partial charge is 0.312 e. The van der Waals surface area contributed by atoms with Gasteiger partial charge in [0.05, 0.1) is 30.8 Å². The molecule has 8 heteroatoms. The highest BCUT2D eigenvalue weighted by Gasteiger charge is 2.80.